The molecule has 26 heavy (non-hydrogen) atoms. The fourth-order valence-electron chi connectivity index (χ4n) is 2.36. The predicted molar refractivity (Wildman–Crippen MR) is 76.6 cm³/mol. The number of halogens is 5. The molecule has 7 nitrogen and oxygen atoms in total. The van der Waals surface area contributed by atoms with Crippen LogP contribution in [0.15, 0.2) is 35.3 Å². The van der Waals surface area contributed by atoms with Crippen LogP contribution in [0, 0.1) is 11.6 Å². The van der Waals surface area contributed by atoms with E-state index in [1.165, 1.54) is 12.3 Å². The van der Waals surface area contributed by atoms with Crippen molar-refractivity contribution in [2.75, 3.05) is 0 Å². The summed E-state index contributed by atoms with van der Waals surface area (Å²) in [5, 5.41) is 10.4. The van der Waals surface area contributed by atoms with Crippen LogP contribution in [0.5, 0.6) is 0 Å². The molecule has 0 spiro atoms. The molecule has 0 fully saturated rings. The number of rotatable bonds is 1. The van der Waals surface area contributed by atoms with Gasteiger partial charge in [0.05, 0.1) is 5.69 Å². The molecule has 0 aliphatic rings. The average molecular weight is 368 g/mol. The predicted octanol–water partition coefficient (Wildman–Crippen LogP) is 2.12. The maximum absolute atomic E-state index is 13.4. The standard InChI is InChI=1S/C14H5F5N6O/c15-7-2-1-6(5-8(7)16)24-4-3-9-10(11(24)26)21-22-13-20-12(14(17,18)19)23-25(9)13/h1-5H. The minimum absolute atomic E-state index is 0.00673. The molecule has 4 aromatic rings. The summed E-state index contributed by atoms with van der Waals surface area (Å²) in [4.78, 5) is 15.8. The van der Waals surface area contributed by atoms with Crippen molar-refractivity contribution in [1.29, 1.82) is 0 Å². The van der Waals surface area contributed by atoms with Gasteiger partial charge in [0.15, 0.2) is 17.2 Å². The summed E-state index contributed by atoms with van der Waals surface area (Å²) in [7, 11) is 0. The monoisotopic (exact) mass is 368 g/mol. The SMILES string of the molecule is O=c1c2nnc3nc(C(F)(F)F)nn3c2ccn1-c1ccc(F)c(F)c1. The molecule has 3 aromatic heterocycles. The van der Waals surface area contributed by atoms with E-state index in [1.54, 1.807) is 0 Å². The molecule has 0 saturated heterocycles. The molecule has 1 aromatic carbocycles. The molecule has 0 atom stereocenters. The van der Waals surface area contributed by atoms with Crippen molar-refractivity contribution in [2.24, 2.45) is 0 Å². The van der Waals surface area contributed by atoms with Gasteiger partial charge in [-0.1, -0.05) is 0 Å². The van der Waals surface area contributed by atoms with E-state index in [4.69, 9.17) is 0 Å². The maximum atomic E-state index is 13.4. The zero-order chi connectivity index (χ0) is 18.6. The number of hydrogen-bond donors (Lipinski definition) is 0. The van der Waals surface area contributed by atoms with Crippen LogP contribution >= 0.6 is 0 Å². The Hall–Kier alpha value is -3.44. The zero-order valence-corrected chi connectivity index (χ0v) is 12.4. The molecule has 0 aliphatic carbocycles. The lowest BCUT2D eigenvalue weighted by molar-refractivity contribution is -0.144. The molecule has 0 saturated carbocycles. The summed E-state index contributed by atoms with van der Waals surface area (Å²) in [6.45, 7) is 0. The molecular weight excluding hydrogens is 363 g/mol. The van der Waals surface area contributed by atoms with Crippen molar-refractivity contribution in [1.82, 2.24) is 29.4 Å². The lowest BCUT2D eigenvalue weighted by Crippen LogP contribution is -2.20. The highest BCUT2D eigenvalue weighted by molar-refractivity contribution is 5.74. The van der Waals surface area contributed by atoms with Gasteiger partial charge >= 0.3 is 6.18 Å². The first kappa shape index (κ1) is 16.1. The second-order valence-electron chi connectivity index (χ2n) is 5.17. The number of benzene rings is 1. The van der Waals surface area contributed by atoms with Gasteiger partial charge in [0.1, 0.15) is 5.52 Å². The normalized spacial score (nSPS) is 12.2. The molecule has 4 rings (SSSR count). The Morgan fingerprint density at radius 3 is 2.46 bits per heavy atom. The first-order valence-electron chi connectivity index (χ1n) is 6.93. The highest BCUT2D eigenvalue weighted by Crippen LogP contribution is 2.26. The average Bonchev–Trinajstić information content (AvgIpc) is 3.03. The molecule has 3 heterocycles. The highest BCUT2D eigenvalue weighted by Gasteiger charge is 2.36. The first-order chi connectivity index (χ1) is 12.3. The van der Waals surface area contributed by atoms with Crippen LogP contribution in [0.1, 0.15) is 5.82 Å². The van der Waals surface area contributed by atoms with E-state index in [9.17, 15) is 26.7 Å². The van der Waals surface area contributed by atoms with Crippen molar-refractivity contribution in [3.63, 3.8) is 0 Å². The third-order valence-corrected chi connectivity index (χ3v) is 3.54. The smallest absolute Gasteiger partial charge is 0.282 e. The van der Waals surface area contributed by atoms with Gasteiger partial charge in [-0.3, -0.25) is 9.36 Å². The van der Waals surface area contributed by atoms with Gasteiger partial charge in [-0.15, -0.1) is 15.3 Å². The van der Waals surface area contributed by atoms with E-state index in [0.29, 0.717) is 0 Å². The van der Waals surface area contributed by atoms with Crippen LogP contribution in [-0.4, -0.2) is 29.4 Å². The Bertz CT molecular complexity index is 1230. The lowest BCUT2D eigenvalue weighted by atomic mass is 10.3. The number of aromatic nitrogens is 6. The Balaban J connectivity index is 1.97. The van der Waals surface area contributed by atoms with E-state index in [2.05, 4.69) is 20.3 Å². The summed E-state index contributed by atoms with van der Waals surface area (Å²) in [6.07, 6.45) is -3.62. The molecular formula is C14H5F5N6O. The third kappa shape index (κ3) is 2.37. The van der Waals surface area contributed by atoms with Crippen molar-refractivity contribution >= 4 is 16.8 Å². The summed E-state index contributed by atoms with van der Waals surface area (Å²) in [6, 6.07) is 4.04. The fourth-order valence-corrected chi connectivity index (χ4v) is 2.36. The van der Waals surface area contributed by atoms with Crippen LogP contribution in [-0.2, 0) is 6.18 Å². The van der Waals surface area contributed by atoms with Gasteiger partial charge in [-0.05, 0) is 18.2 Å². The lowest BCUT2D eigenvalue weighted by Gasteiger charge is -2.07. The molecule has 132 valence electrons. The van der Waals surface area contributed by atoms with Crippen LogP contribution in [0.2, 0.25) is 0 Å². The van der Waals surface area contributed by atoms with Crippen molar-refractivity contribution in [3.05, 3.63) is 58.3 Å². The number of hydrogen-bond acceptors (Lipinski definition) is 5. The fraction of sp³-hybridized carbons (Fsp3) is 0.0714. The van der Waals surface area contributed by atoms with E-state index < -0.39 is 35.0 Å². The number of pyridine rings is 1. The Labute approximate surface area is 139 Å². The summed E-state index contributed by atoms with van der Waals surface area (Å²) < 4.78 is 66.4. The molecule has 0 aliphatic heterocycles. The van der Waals surface area contributed by atoms with Gasteiger partial charge in [-0.2, -0.15) is 22.7 Å². The molecule has 0 amide bonds. The Kier molecular flexibility index (Phi) is 3.26. The molecule has 12 heteroatoms. The molecule has 0 radical (unpaired) electrons. The summed E-state index contributed by atoms with van der Waals surface area (Å²) in [5.74, 6) is -4.12. The van der Waals surface area contributed by atoms with Gasteiger partial charge < -0.3 is 0 Å². The minimum Gasteiger partial charge on any atom is -0.282 e. The van der Waals surface area contributed by atoms with Crippen LogP contribution in [0.4, 0.5) is 22.0 Å². The number of nitrogens with zero attached hydrogens (tertiary/aromatic N) is 6. The van der Waals surface area contributed by atoms with Gasteiger partial charge in [-0.25, -0.2) is 8.78 Å². The second kappa shape index (κ2) is 5.28. The zero-order valence-electron chi connectivity index (χ0n) is 12.4. The first-order valence-corrected chi connectivity index (χ1v) is 6.93. The van der Waals surface area contributed by atoms with Crippen LogP contribution in [0.25, 0.3) is 22.5 Å². The minimum atomic E-state index is -4.79. The summed E-state index contributed by atoms with van der Waals surface area (Å²) >= 11 is 0. The van der Waals surface area contributed by atoms with Gasteiger partial charge in [0.2, 0.25) is 0 Å². The Morgan fingerprint density at radius 2 is 1.77 bits per heavy atom. The van der Waals surface area contributed by atoms with Crippen molar-refractivity contribution in [3.8, 4) is 5.69 Å². The molecule has 0 unspecified atom stereocenters. The van der Waals surface area contributed by atoms with E-state index in [0.717, 1.165) is 27.3 Å². The highest BCUT2D eigenvalue weighted by atomic mass is 19.4. The second-order valence-corrected chi connectivity index (χ2v) is 5.17. The van der Waals surface area contributed by atoms with E-state index >= 15 is 0 Å². The molecule has 0 N–H and O–H groups in total. The van der Waals surface area contributed by atoms with Crippen LogP contribution < -0.4 is 5.56 Å². The van der Waals surface area contributed by atoms with E-state index in [1.807, 2.05) is 0 Å². The quantitative estimate of drug-likeness (QED) is 0.481. The van der Waals surface area contributed by atoms with Crippen LogP contribution in [0.3, 0.4) is 0 Å². The topological polar surface area (TPSA) is 78.0 Å². The third-order valence-electron chi connectivity index (χ3n) is 3.54. The van der Waals surface area contributed by atoms with Crippen molar-refractivity contribution in [2.45, 2.75) is 6.18 Å². The number of fused-ring (bicyclic) bond motifs is 3. The largest absolute Gasteiger partial charge is 0.453 e. The van der Waals surface area contributed by atoms with E-state index in [-0.39, 0.29) is 16.7 Å². The summed E-state index contributed by atoms with van der Waals surface area (Å²) in [5.41, 5.74) is -1.18. The van der Waals surface area contributed by atoms with Gasteiger partial charge in [0, 0.05) is 12.3 Å². The van der Waals surface area contributed by atoms with Crippen molar-refractivity contribution < 1.29 is 22.0 Å². The molecule has 0 bridgehead atoms. The Morgan fingerprint density at radius 1 is 1.00 bits per heavy atom. The number of alkyl halides is 3. The maximum Gasteiger partial charge on any atom is 0.453 e. The van der Waals surface area contributed by atoms with Gasteiger partial charge in [0.25, 0.3) is 17.2 Å².